The first-order valence-electron chi connectivity index (χ1n) is 8.23. The zero-order valence-electron chi connectivity index (χ0n) is 14.1. The van der Waals surface area contributed by atoms with Crippen LogP contribution in [0.2, 0.25) is 5.28 Å². The van der Waals surface area contributed by atoms with Crippen LogP contribution in [-0.4, -0.2) is 63.5 Å². The van der Waals surface area contributed by atoms with Gasteiger partial charge in [-0.25, -0.2) is 4.98 Å². The summed E-state index contributed by atoms with van der Waals surface area (Å²) >= 11 is 5.86. The number of aromatic amines is 1. The molecule has 8 nitrogen and oxygen atoms in total. The van der Waals surface area contributed by atoms with E-state index in [2.05, 4.69) is 49.3 Å². The van der Waals surface area contributed by atoms with Crippen molar-refractivity contribution < 1.29 is 4.79 Å². The van der Waals surface area contributed by atoms with Gasteiger partial charge in [-0.3, -0.25) is 4.79 Å². The van der Waals surface area contributed by atoms with E-state index in [0.717, 1.165) is 26.1 Å². The molecule has 0 bridgehead atoms. The minimum absolute atomic E-state index is 0.0167. The molecule has 0 radical (unpaired) electrons. The maximum Gasteiger partial charge on any atom is 0.226 e. The average Bonchev–Trinajstić information content (AvgIpc) is 3.03. The van der Waals surface area contributed by atoms with Crippen LogP contribution in [0.4, 0.5) is 5.82 Å². The molecule has 0 saturated carbocycles. The molecule has 0 spiro atoms. The van der Waals surface area contributed by atoms with E-state index in [-0.39, 0.29) is 11.2 Å². The van der Waals surface area contributed by atoms with Crippen LogP contribution >= 0.6 is 11.6 Å². The number of amides is 1. The van der Waals surface area contributed by atoms with Crippen molar-refractivity contribution in [2.45, 2.75) is 26.7 Å². The molecule has 0 aromatic carbocycles. The number of halogens is 1. The van der Waals surface area contributed by atoms with E-state index in [1.807, 2.05) is 0 Å². The van der Waals surface area contributed by atoms with Crippen LogP contribution in [0, 0.1) is 0 Å². The van der Waals surface area contributed by atoms with Crippen molar-refractivity contribution in [1.29, 1.82) is 0 Å². The fourth-order valence-electron chi connectivity index (χ4n) is 2.39. The third-order valence-electron chi connectivity index (χ3n) is 3.77. The Morgan fingerprint density at radius 1 is 1.29 bits per heavy atom. The van der Waals surface area contributed by atoms with Crippen molar-refractivity contribution in [3.8, 4) is 0 Å². The lowest BCUT2D eigenvalue weighted by molar-refractivity contribution is -0.120. The maximum absolute atomic E-state index is 11.9. The fourth-order valence-corrected chi connectivity index (χ4v) is 2.55. The van der Waals surface area contributed by atoms with Gasteiger partial charge in [0.2, 0.25) is 11.2 Å². The quantitative estimate of drug-likeness (QED) is 0.444. The Hall–Kier alpha value is -1.93. The highest BCUT2D eigenvalue weighted by atomic mass is 35.5. The summed E-state index contributed by atoms with van der Waals surface area (Å²) in [4.78, 5) is 29.3. The van der Waals surface area contributed by atoms with Gasteiger partial charge < -0.3 is 20.5 Å². The number of fused-ring (bicyclic) bond motifs is 1. The first-order valence-corrected chi connectivity index (χ1v) is 8.61. The summed E-state index contributed by atoms with van der Waals surface area (Å²) in [5.74, 6) is 0.569. The van der Waals surface area contributed by atoms with Gasteiger partial charge in [0.25, 0.3) is 0 Å². The highest BCUT2D eigenvalue weighted by Gasteiger charge is 2.09. The molecular weight excluding hydrogens is 330 g/mol. The molecule has 1 amide bonds. The number of nitrogens with one attached hydrogen (secondary N) is 3. The summed E-state index contributed by atoms with van der Waals surface area (Å²) in [5, 5.41) is 6.15. The number of imidazole rings is 1. The summed E-state index contributed by atoms with van der Waals surface area (Å²) in [7, 11) is 0. The number of nitrogens with zero attached hydrogens (tertiary/aromatic N) is 4. The van der Waals surface area contributed by atoms with Crippen LogP contribution < -0.4 is 10.6 Å². The molecule has 3 N–H and O–H groups in total. The van der Waals surface area contributed by atoms with Crippen LogP contribution in [0.1, 0.15) is 26.7 Å². The summed E-state index contributed by atoms with van der Waals surface area (Å²) < 4.78 is 0. The van der Waals surface area contributed by atoms with Crippen LogP contribution in [0.3, 0.4) is 0 Å². The molecule has 0 saturated heterocycles. The van der Waals surface area contributed by atoms with E-state index in [9.17, 15) is 4.79 Å². The van der Waals surface area contributed by atoms with Crippen molar-refractivity contribution >= 4 is 34.5 Å². The molecule has 9 heteroatoms. The number of aromatic nitrogens is 4. The molecule has 2 heterocycles. The molecule has 0 fully saturated rings. The number of carbonyl (C=O) groups excluding carboxylic acids is 1. The van der Waals surface area contributed by atoms with Crippen molar-refractivity contribution in [2.75, 3.05) is 38.0 Å². The van der Waals surface area contributed by atoms with Gasteiger partial charge in [0, 0.05) is 19.5 Å². The van der Waals surface area contributed by atoms with Crippen molar-refractivity contribution in [1.82, 2.24) is 30.2 Å². The smallest absolute Gasteiger partial charge is 0.226 e. The first kappa shape index (κ1) is 18.4. The second-order valence-electron chi connectivity index (χ2n) is 5.35. The topological polar surface area (TPSA) is 98.8 Å². The highest BCUT2D eigenvalue weighted by Crippen LogP contribution is 2.18. The Balaban J connectivity index is 1.70. The fraction of sp³-hybridized carbons (Fsp3) is 0.600. The second-order valence-corrected chi connectivity index (χ2v) is 5.69. The molecule has 0 aliphatic heterocycles. The Kier molecular flexibility index (Phi) is 7.20. The average molecular weight is 354 g/mol. The van der Waals surface area contributed by atoms with Gasteiger partial charge in [-0.15, -0.1) is 0 Å². The Morgan fingerprint density at radius 2 is 2.08 bits per heavy atom. The predicted octanol–water partition coefficient (Wildman–Crippen LogP) is 1.66. The number of hydrogen-bond acceptors (Lipinski definition) is 6. The molecule has 2 aromatic heterocycles. The molecule has 0 unspecified atom stereocenters. The number of anilines is 1. The van der Waals surface area contributed by atoms with E-state index < -0.39 is 0 Å². The van der Waals surface area contributed by atoms with Crippen LogP contribution in [0.15, 0.2) is 6.33 Å². The van der Waals surface area contributed by atoms with Gasteiger partial charge in [-0.1, -0.05) is 13.8 Å². The summed E-state index contributed by atoms with van der Waals surface area (Å²) in [6.07, 6.45) is 2.85. The summed E-state index contributed by atoms with van der Waals surface area (Å²) in [6.45, 7) is 8.52. The van der Waals surface area contributed by atoms with Gasteiger partial charge in [0.05, 0.1) is 6.33 Å². The third-order valence-corrected chi connectivity index (χ3v) is 3.94. The van der Waals surface area contributed by atoms with E-state index in [1.165, 1.54) is 6.33 Å². The first-order chi connectivity index (χ1) is 11.6. The molecule has 2 aromatic rings. The Morgan fingerprint density at radius 3 is 2.83 bits per heavy atom. The molecule has 24 heavy (non-hydrogen) atoms. The van der Waals surface area contributed by atoms with E-state index >= 15 is 0 Å². The highest BCUT2D eigenvalue weighted by molar-refractivity contribution is 6.28. The molecule has 0 atom stereocenters. The van der Waals surface area contributed by atoms with Crippen LogP contribution in [0.25, 0.3) is 11.2 Å². The van der Waals surface area contributed by atoms with Crippen LogP contribution in [0.5, 0.6) is 0 Å². The molecule has 0 aliphatic rings. The number of rotatable bonds is 10. The van der Waals surface area contributed by atoms with E-state index in [4.69, 9.17) is 11.6 Å². The predicted molar refractivity (Wildman–Crippen MR) is 95.2 cm³/mol. The third kappa shape index (κ3) is 5.31. The van der Waals surface area contributed by atoms with E-state index in [0.29, 0.717) is 36.5 Å². The lowest BCUT2D eigenvalue weighted by Gasteiger charge is -2.17. The molecule has 2 rings (SSSR count). The number of carbonyl (C=O) groups is 1. The Bertz CT molecular complexity index is 656. The van der Waals surface area contributed by atoms with Crippen molar-refractivity contribution in [2.24, 2.45) is 0 Å². The molecule has 132 valence electrons. The number of hydrogen-bond donors (Lipinski definition) is 3. The lowest BCUT2D eigenvalue weighted by Crippen LogP contribution is -2.30. The SMILES string of the molecule is CCN(CC)CCCNC(=O)CCNc1nc(Cl)nc2nc[nH]c12. The van der Waals surface area contributed by atoms with Gasteiger partial charge in [0.1, 0.15) is 5.52 Å². The van der Waals surface area contributed by atoms with Gasteiger partial charge in [-0.05, 0) is 37.7 Å². The van der Waals surface area contributed by atoms with E-state index in [1.54, 1.807) is 0 Å². The Labute approximate surface area is 146 Å². The lowest BCUT2D eigenvalue weighted by atomic mass is 10.3. The summed E-state index contributed by atoms with van der Waals surface area (Å²) in [5.41, 5.74) is 1.18. The second kappa shape index (κ2) is 9.39. The number of H-pyrrole nitrogens is 1. The van der Waals surface area contributed by atoms with Gasteiger partial charge >= 0.3 is 0 Å². The van der Waals surface area contributed by atoms with Crippen molar-refractivity contribution in [3.05, 3.63) is 11.6 Å². The minimum atomic E-state index is 0.0167. The monoisotopic (exact) mass is 353 g/mol. The largest absolute Gasteiger partial charge is 0.368 e. The van der Waals surface area contributed by atoms with Gasteiger partial charge in [0.15, 0.2) is 11.5 Å². The molecular formula is C15H24ClN7O. The standard InChI is InChI=1S/C15H24ClN7O/c1-3-23(4-2)9-5-7-17-11(24)6-8-18-13-12-14(20-10-19-12)22-15(16)21-13/h10H,3-9H2,1-2H3,(H,17,24)(H2,18,19,20,21,22). The zero-order chi connectivity index (χ0) is 17.4. The minimum Gasteiger partial charge on any atom is -0.368 e. The zero-order valence-corrected chi connectivity index (χ0v) is 14.9. The van der Waals surface area contributed by atoms with Gasteiger partial charge in [-0.2, -0.15) is 9.97 Å². The van der Waals surface area contributed by atoms with Crippen molar-refractivity contribution in [3.63, 3.8) is 0 Å². The molecule has 0 aliphatic carbocycles. The summed E-state index contributed by atoms with van der Waals surface area (Å²) in [6, 6.07) is 0. The maximum atomic E-state index is 11.9. The van der Waals surface area contributed by atoms with Crippen LogP contribution in [-0.2, 0) is 4.79 Å². The normalized spacial score (nSPS) is 11.2.